The van der Waals surface area contributed by atoms with Gasteiger partial charge in [0, 0.05) is 4.88 Å². The van der Waals surface area contributed by atoms with Crippen molar-refractivity contribution < 1.29 is 8.42 Å². The van der Waals surface area contributed by atoms with Crippen LogP contribution in [0.2, 0.25) is 0 Å². The molecule has 2 aromatic heterocycles. The standard InChI is InChI=1S/C12H12N2O2S3/c1-2-10(11-4-3-7-17-11)14-19(15,16)12-6-5-9(8-13)18-12/h3-7,10,14H,2H2,1H3. The maximum absolute atomic E-state index is 12.2. The van der Waals surface area contributed by atoms with Crippen LogP contribution in [-0.4, -0.2) is 8.42 Å². The predicted octanol–water partition coefficient (Wildman–Crippen LogP) is 3.11. The summed E-state index contributed by atoms with van der Waals surface area (Å²) in [6.07, 6.45) is 0.677. The molecule has 7 heteroatoms. The van der Waals surface area contributed by atoms with Crippen LogP contribution >= 0.6 is 22.7 Å². The van der Waals surface area contributed by atoms with Gasteiger partial charge in [-0.15, -0.1) is 22.7 Å². The van der Waals surface area contributed by atoms with Gasteiger partial charge in [-0.05, 0) is 30.0 Å². The number of thiophene rings is 2. The molecule has 0 spiro atoms. The van der Waals surface area contributed by atoms with Crippen molar-refractivity contribution in [1.29, 1.82) is 5.26 Å². The summed E-state index contributed by atoms with van der Waals surface area (Å²) in [7, 11) is -3.56. The second-order valence-electron chi connectivity index (χ2n) is 3.83. The Morgan fingerprint density at radius 3 is 2.74 bits per heavy atom. The topological polar surface area (TPSA) is 70.0 Å². The van der Waals surface area contributed by atoms with Crippen LogP contribution in [-0.2, 0) is 10.0 Å². The molecule has 0 aliphatic carbocycles. The first-order valence-corrected chi connectivity index (χ1v) is 8.80. The lowest BCUT2D eigenvalue weighted by Crippen LogP contribution is -2.27. The Balaban J connectivity index is 2.23. The molecule has 100 valence electrons. The fraction of sp³-hybridized carbons (Fsp3) is 0.250. The molecule has 4 nitrogen and oxygen atoms in total. The molecule has 0 saturated carbocycles. The minimum absolute atomic E-state index is 0.180. The number of rotatable bonds is 5. The third kappa shape index (κ3) is 3.22. The molecule has 2 rings (SSSR count). The highest BCUT2D eigenvalue weighted by Gasteiger charge is 2.22. The molecule has 0 fully saturated rings. The van der Waals surface area contributed by atoms with Crippen molar-refractivity contribution >= 4 is 32.7 Å². The minimum atomic E-state index is -3.56. The molecule has 2 heterocycles. The first kappa shape index (κ1) is 14.2. The maximum Gasteiger partial charge on any atom is 0.250 e. The van der Waals surface area contributed by atoms with Gasteiger partial charge in [0.2, 0.25) is 0 Å². The zero-order valence-corrected chi connectivity index (χ0v) is 12.6. The summed E-state index contributed by atoms with van der Waals surface area (Å²) in [5.74, 6) is 0. The third-order valence-corrected chi connectivity index (χ3v) is 6.49. The van der Waals surface area contributed by atoms with Gasteiger partial charge in [0.05, 0.1) is 6.04 Å². The highest BCUT2D eigenvalue weighted by Crippen LogP contribution is 2.26. The Labute approximate surface area is 120 Å². The van der Waals surface area contributed by atoms with Crippen molar-refractivity contribution in [2.45, 2.75) is 23.6 Å². The van der Waals surface area contributed by atoms with Crippen molar-refractivity contribution in [3.8, 4) is 6.07 Å². The fourth-order valence-electron chi connectivity index (χ4n) is 1.60. The lowest BCUT2D eigenvalue weighted by atomic mass is 10.2. The van der Waals surface area contributed by atoms with Gasteiger partial charge in [0.25, 0.3) is 10.0 Å². The Bertz CT molecular complexity index is 681. The number of sulfonamides is 1. The first-order valence-electron chi connectivity index (χ1n) is 5.62. The molecule has 1 N–H and O–H groups in total. The molecular weight excluding hydrogens is 300 g/mol. The highest BCUT2D eigenvalue weighted by atomic mass is 32.2. The van der Waals surface area contributed by atoms with E-state index in [4.69, 9.17) is 5.26 Å². The second kappa shape index (κ2) is 5.84. The van der Waals surface area contributed by atoms with E-state index in [1.165, 1.54) is 23.5 Å². The van der Waals surface area contributed by atoms with Crippen LogP contribution in [0.1, 0.15) is 29.1 Å². The average molecular weight is 312 g/mol. The molecule has 2 aromatic rings. The van der Waals surface area contributed by atoms with Crippen molar-refractivity contribution in [1.82, 2.24) is 4.72 Å². The molecule has 1 atom stereocenters. The van der Waals surface area contributed by atoms with Gasteiger partial charge in [-0.25, -0.2) is 13.1 Å². The number of nitrogens with one attached hydrogen (secondary N) is 1. The van der Waals surface area contributed by atoms with Gasteiger partial charge >= 0.3 is 0 Å². The van der Waals surface area contributed by atoms with Gasteiger partial charge < -0.3 is 0 Å². The van der Waals surface area contributed by atoms with Crippen LogP contribution in [0, 0.1) is 11.3 Å². The largest absolute Gasteiger partial charge is 0.250 e. The summed E-state index contributed by atoms with van der Waals surface area (Å²) >= 11 is 2.51. The molecule has 0 saturated heterocycles. The minimum Gasteiger partial charge on any atom is -0.206 e. The first-order chi connectivity index (χ1) is 9.06. The number of nitriles is 1. The van der Waals surface area contributed by atoms with Gasteiger partial charge in [-0.2, -0.15) is 5.26 Å². The molecule has 0 radical (unpaired) electrons. The van der Waals surface area contributed by atoms with E-state index in [-0.39, 0.29) is 10.3 Å². The van der Waals surface area contributed by atoms with Crippen LogP contribution in [0.5, 0.6) is 0 Å². The molecule has 0 bridgehead atoms. The van der Waals surface area contributed by atoms with E-state index < -0.39 is 10.0 Å². The SMILES string of the molecule is CCC(NS(=O)(=O)c1ccc(C#N)s1)c1cccs1. The Hall–Kier alpha value is -1.20. The monoisotopic (exact) mass is 312 g/mol. The molecule has 19 heavy (non-hydrogen) atoms. The summed E-state index contributed by atoms with van der Waals surface area (Å²) in [6.45, 7) is 1.93. The number of nitrogens with zero attached hydrogens (tertiary/aromatic N) is 1. The van der Waals surface area contributed by atoms with E-state index in [2.05, 4.69) is 4.72 Å². The van der Waals surface area contributed by atoms with Crippen LogP contribution in [0.3, 0.4) is 0 Å². The van der Waals surface area contributed by atoms with Gasteiger partial charge in [-0.3, -0.25) is 0 Å². The van der Waals surface area contributed by atoms with Gasteiger partial charge in [0.1, 0.15) is 15.2 Å². The van der Waals surface area contributed by atoms with E-state index in [1.54, 1.807) is 0 Å². The Morgan fingerprint density at radius 1 is 1.42 bits per heavy atom. The molecule has 1 unspecified atom stereocenters. The molecule has 0 aromatic carbocycles. The van der Waals surface area contributed by atoms with Gasteiger partial charge in [0.15, 0.2) is 0 Å². The van der Waals surface area contributed by atoms with Crippen LogP contribution in [0.4, 0.5) is 0 Å². The van der Waals surface area contributed by atoms with Crippen molar-refractivity contribution in [3.05, 3.63) is 39.4 Å². The molecule has 0 aliphatic heterocycles. The van der Waals surface area contributed by atoms with Crippen LogP contribution in [0.25, 0.3) is 0 Å². The number of hydrogen-bond donors (Lipinski definition) is 1. The Morgan fingerprint density at radius 2 is 2.21 bits per heavy atom. The van der Waals surface area contributed by atoms with E-state index in [1.807, 2.05) is 30.5 Å². The van der Waals surface area contributed by atoms with Gasteiger partial charge in [-0.1, -0.05) is 13.0 Å². The van der Waals surface area contributed by atoms with Crippen molar-refractivity contribution in [3.63, 3.8) is 0 Å². The lowest BCUT2D eigenvalue weighted by molar-refractivity contribution is 0.555. The maximum atomic E-state index is 12.2. The quantitative estimate of drug-likeness (QED) is 0.922. The summed E-state index contributed by atoms with van der Waals surface area (Å²) in [6, 6.07) is 8.51. The third-order valence-electron chi connectivity index (χ3n) is 2.55. The zero-order valence-electron chi connectivity index (χ0n) is 10.2. The van der Waals surface area contributed by atoms with E-state index in [9.17, 15) is 8.42 Å². The molecule has 0 amide bonds. The Kier molecular flexibility index (Phi) is 4.37. The van der Waals surface area contributed by atoms with E-state index >= 15 is 0 Å². The zero-order chi connectivity index (χ0) is 13.9. The lowest BCUT2D eigenvalue weighted by Gasteiger charge is -2.14. The smallest absolute Gasteiger partial charge is 0.206 e. The summed E-state index contributed by atoms with van der Waals surface area (Å²) < 4.78 is 27.3. The number of hydrogen-bond acceptors (Lipinski definition) is 5. The molecule has 0 aliphatic rings. The average Bonchev–Trinajstić information content (AvgIpc) is 3.06. The summed E-state index contributed by atoms with van der Waals surface area (Å²) in [5, 5.41) is 10.7. The summed E-state index contributed by atoms with van der Waals surface area (Å²) in [4.78, 5) is 1.38. The van der Waals surface area contributed by atoms with E-state index in [0.29, 0.717) is 11.3 Å². The fourth-order valence-corrected chi connectivity index (χ4v) is 4.96. The second-order valence-corrected chi connectivity index (χ2v) is 7.83. The van der Waals surface area contributed by atoms with Crippen molar-refractivity contribution in [2.24, 2.45) is 0 Å². The highest BCUT2D eigenvalue weighted by molar-refractivity contribution is 7.91. The predicted molar refractivity (Wildman–Crippen MR) is 76.7 cm³/mol. The van der Waals surface area contributed by atoms with Crippen molar-refractivity contribution in [2.75, 3.05) is 0 Å². The summed E-state index contributed by atoms with van der Waals surface area (Å²) in [5.41, 5.74) is 0. The van der Waals surface area contributed by atoms with E-state index in [0.717, 1.165) is 16.2 Å². The van der Waals surface area contributed by atoms with Crippen LogP contribution < -0.4 is 4.72 Å². The van der Waals surface area contributed by atoms with Crippen LogP contribution in [0.15, 0.2) is 33.9 Å². The molecular formula is C12H12N2O2S3. The normalized spacial score (nSPS) is 13.1.